The van der Waals surface area contributed by atoms with Crippen molar-refractivity contribution in [1.82, 2.24) is 15.3 Å². The molecule has 0 radical (unpaired) electrons. The molecule has 19 heavy (non-hydrogen) atoms. The molecular weight excluding hydrogens is 245 g/mol. The molecule has 0 bridgehead atoms. The molecule has 2 heterocycles. The molecule has 1 saturated heterocycles. The van der Waals surface area contributed by atoms with Crippen LogP contribution in [0.4, 0.5) is 4.39 Å². The third-order valence-electron chi connectivity index (χ3n) is 3.19. The van der Waals surface area contributed by atoms with Crippen LogP contribution >= 0.6 is 0 Å². The first-order valence-electron chi connectivity index (χ1n) is 6.43. The van der Waals surface area contributed by atoms with Gasteiger partial charge in [-0.15, -0.1) is 0 Å². The summed E-state index contributed by atoms with van der Waals surface area (Å²) in [4.78, 5) is 7.55. The monoisotopic (exact) mass is 261 g/mol. The molecule has 0 saturated carbocycles. The highest BCUT2D eigenvalue weighted by Gasteiger charge is 2.15. The highest BCUT2D eigenvalue weighted by atomic mass is 19.1. The first kappa shape index (κ1) is 12.3. The molecule has 1 fully saturated rings. The Labute approximate surface area is 111 Å². The Morgan fingerprint density at radius 2 is 2.37 bits per heavy atom. The molecule has 1 unspecified atom stereocenters. The molecule has 0 amide bonds. The van der Waals surface area contributed by atoms with Crippen molar-refractivity contribution in [2.75, 3.05) is 19.7 Å². The van der Waals surface area contributed by atoms with Crippen LogP contribution in [-0.2, 0) is 11.2 Å². The van der Waals surface area contributed by atoms with Crippen molar-refractivity contribution in [2.45, 2.75) is 12.5 Å². The van der Waals surface area contributed by atoms with E-state index < -0.39 is 0 Å². The van der Waals surface area contributed by atoms with Gasteiger partial charge in [-0.3, -0.25) is 0 Å². The van der Waals surface area contributed by atoms with Crippen LogP contribution in [0, 0.1) is 5.82 Å². The number of morpholine rings is 1. The number of ether oxygens (including phenoxy) is 1. The molecular formula is C14H16FN3O. The molecule has 1 atom stereocenters. The first-order chi connectivity index (χ1) is 9.31. The molecule has 2 N–H and O–H groups in total. The number of benzene rings is 1. The van der Waals surface area contributed by atoms with E-state index in [1.807, 2.05) is 6.07 Å². The van der Waals surface area contributed by atoms with E-state index in [1.165, 1.54) is 12.1 Å². The van der Waals surface area contributed by atoms with E-state index in [2.05, 4.69) is 15.3 Å². The summed E-state index contributed by atoms with van der Waals surface area (Å²) in [5.74, 6) is 0.626. The van der Waals surface area contributed by atoms with Crippen molar-refractivity contribution >= 4 is 0 Å². The largest absolute Gasteiger partial charge is 0.375 e. The third kappa shape index (κ3) is 3.00. The van der Waals surface area contributed by atoms with Crippen LogP contribution < -0.4 is 5.32 Å². The van der Waals surface area contributed by atoms with E-state index in [0.717, 1.165) is 43.2 Å². The maximum atomic E-state index is 13.2. The maximum Gasteiger partial charge on any atom is 0.123 e. The molecule has 1 aliphatic rings. The van der Waals surface area contributed by atoms with Crippen molar-refractivity contribution in [2.24, 2.45) is 0 Å². The molecule has 1 aromatic carbocycles. The highest BCUT2D eigenvalue weighted by Crippen LogP contribution is 2.18. The summed E-state index contributed by atoms with van der Waals surface area (Å²) in [5, 5.41) is 3.28. The fourth-order valence-corrected chi connectivity index (χ4v) is 2.24. The summed E-state index contributed by atoms with van der Waals surface area (Å²) < 4.78 is 18.8. The van der Waals surface area contributed by atoms with Gasteiger partial charge in [-0.25, -0.2) is 9.37 Å². The van der Waals surface area contributed by atoms with Gasteiger partial charge in [0.15, 0.2) is 0 Å². The van der Waals surface area contributed by atoms with Crippen LogP contribution in [0.25, 0.3) is 11.3 Å². The molecule has 3 rings (SSSR count). The molecule has 2 aromatic rings. The quantitative estimate of drug-likeness (QED) is 0.885. The number of imidazole rings is 1. The summed E-state index contributed by atoms with van der Waals surface area (Å²) in [6.45, 7) is 2.49. The van der Waals surface area contributed by atoms with E-state index >= 15 is 0 Å². The second-order valence-electron chi connectivity index (χ2n) is 4.65. The number of halogens is 1. The summed E-state index contributed by atoms with van der Waals surface area (Å²) >= 11 is 0. The SMILES string of the molecule is Fc1cccc(-c2cnc(CC3CNCCO3)[nH]2)c1. The number of hydrogen-bond acceptors (Lipinski definition) is 3. The van der Waals surface area contributed by atoms with Crippen molar-refractivity contribution in [3.05, 3.63) is 42.1 Å². The number of H-pyrrole nitrogens is 1. The van der Waals surface area contributed by atoms with Gasteiger partial charge in [0, 0.05) is 25.1 Å². The zero-order chi connectivity index (χ0) is 13.1. The van der Waals surface area contributed by atoms with Crippen LogP contribution in [0.1, 0.15) is 5.82 Å². The number of aromatic nitrogens is 2. The lowest BCUT2D eigenvalue weighted by Crippen LogP contribution is -2.39. The minimum atomic E-state index is -0.242. The van der Waals surface area contributed by atoms with Gasteiger partial charge in [0.25, 0.3) is 0 Å². The fraction of sp³-hybridized carbons (Fsp3) is 0.357. The van der Waals surface area contributed by atoms with Crippen molar-refractivity contribution < 1.29 is 9.13 Å². The third-order valence-corrected chi connectivity index (χ3v) is 3.19. The average molecular weight is 261 g/mol. The van der Waals surface area contributed by atoms with E-state index in [1.54, 1.807) is 12.3 Å². The molecule has 5 heteroatoms. The Balaban J connectivity index is 1.72. The standard InChI is InChI=1S/C14H16FN3O/c15-11-3-1-2-10(6-11)13-9-17-14(18-13)7-12-8-16-4-5-19-12/h1-3,6,9,12,16H,4-5,7-8H2,(H,17,18). The second-order valence-corrected chi connectivity index (χ2v) is 4.65. The number of nitrogens with one attached hydrogen (secondary N) is 2. The Kier molecular flexibility index (Phi) is 3.57. The van der Waals surface area contributed by atoms with Gasteiger partial charge in [-0.1, -0.05) is 12.1 Å². The lowest BCUT2D eigenvalue weighted by atomic mass is 10.2. The second kappa shape index (κ2) is 5.50. The normalized spacial score (nSPS) is 19.5. The number of hydrogen-bond donors (Lipinski definition) is 2. The lowest BCUT2D eigenvalue weighted by Gasteiger charge is -2.22. The molecule has 1 aromatic heterocycles. The van der Waals surface area contributed by atoms with E-state index in [-0.39, 0.29) is 11.9 Å². The van der Waals surface area contributed by atoms with Gasteiger partial charge in [-0.05, 0) is 12.1 Å². The summed E-state index contributed by atoms with van der Waals surface area (Å²) in [7, 11) is 0. The van der Waals surface area contributed by atoms with Crippen LogP contribution in [0.2, 0.25) is 0 Å². The molecule has 100 valence electrons. The zero-order valence-electron chi connectivity index (χ0n) is 10.5. The van der Waals surface area contributed by atoms with Crippen molar-refractivity contribution in [3.8, 4) is 11.3 Å². The van der Waals surface area contributed by atoms with Gasteiger partial charge in [-0.2, -0.15) is 0 Å². The topological polar surface area (TPSA) is 49.9 Å². The van der Waals surface area contributed by atoms with Crippen LogP contribution in [0.5, 0.6) is 0 Å². The van der Waals surface area contributed by atoms with Gasteiger partial charge in [0.1, 0.15) is 11.6 Å². The fourth-order valence-electron chi connectivity index (χ4n) is 2.24. The predicted octanol–water partition coefficient (Wildman–Crippen LogP) is 1.75. The predicted molar refractivity (Wildman–Crippen MR) is 70.3 cm³/mol. The van der Waals surface area contributed by atoms with Gasteiger partial charge >= 0.3 is 0 Å². The molecule has 0 aliphatic carbocycles. The van der Waals surface area contributed by atoms with Crippen molar-refractivity contribution in [1.29, 1.82) is 0 Å². The Morgan fingerprint density at radius 1 is 1.42 bits per heavy atom. The Bertz CT molecular complexity index is 549. The Morgan fingerprint density at radius 3 is 3.16 bits per heavy atom. The summed E-state index contributed by atoms with van der Waals surface area (Å²) in [5.41, 5.74) is 1.64. The van der Waals surface area contributed by atoms with E-state index in [0.29, 0.717) is 0 Å². The first-order valence-corrected chi connectivity index (χ1v) is 6.43. The average Bonchev–Trinajstić information content (AvgIpc) is 2.88. The molecule has 1 aliphatic heterocycles. The zero-order valence-corrected chi connectivity index (χ0v) is 10.5. The van der Waals surface area contributed by atoms with Crippen LogP contribution in [0.15, 0.2) is 30.5 Å². The van der Waals surface area contributed by atoms with E-state index in [9.17, 15) is 4.39 Å². The number of rotatable bonds is 3. The molecule has 4 nitrogen and oxygen atoms in total. The number of nitrogens with zero attached hydrogens (tertiary/aromatic N) is 1. The van der Waals surface area contributed by atoms with Crippen LogP contribution in [-0.4, -0.2) is 35.8 Å². The van der Waals surface area contributed by atoms with Gasteiger partial charge in [0.2, 0.25) is 0 Å². The minimum absolute atomic E-state index is 0.153. The minimum Gasteiger partial charge on any atom is -0.375 e. The number of aromatic amines is 1. The van der Waals surface area contributed by atoms with Crippen molar-refractivity contribution in [3.63, 3.8) is 0 Å². The Hall–Kier alpha value is -1.72. The highest BCUT2D eigenvalue weighted by molar-refractivity contribution is 5.58. The molecule has 0 spiro atoms. The van der Waals surface area contributed by atoms with Crippen LogP contribution in [0.3, 0.4) is 0 Å². The van der Waals surface area contributed by atoms with Gasteiger partial charge in [0.05, 0.1) is 24.6 Å². The maximum absolute atomic E-state index is 13.2. The lowest BCUT2D eigenvalue weighted by molar-refractivity contribution is 0.0281. The smallest absolute Gasteiger partial charge is 0.123 e. The summed E-state index contributed by atoms with van der Waals surface area (Å²) in [6.07, 6.45) is 2.63. The van der Waals surface area contributed by atoms with E-state index in [4.69, 9.17) is 4.74 Å². The summed E-state index contributed by atoms with van der Waals surface area (Å²) in [6, 6.07) is 6.48. The van der Waals surface area contributed by atoms with Gasteiger partial charge < -0.3 is 15.0 Å².